The number of hydrogen-bond acceptors (Lipinski definition) is 7. The monoisotopic (exact) mass is 673 g/mol. The van der Waals surface area contributed by atoms with E-state index in [2.05, 4.69) is 16.4 Å². The summed E-state index contributed by atoms with van der Waals surface area (Å²) in [4.78, 5) is 48.3. The molecule has 0 bridgehead atoms. The topological polar surface area (TPSA) is 104 Å². The van der Waals surface area contributed by atoms with Crippen LogP contribution in [-0.2, 0) is 22.6 Å². The maximum atomic E-state index is 13.1. The third-order valence-electron chi connectivity index (χ3n) is 7.88. The Labute approximate surface area is 284 Å². The van der Waals surface area contributed by atoms with Gasteiger partial charge in [0.05, 0.1) is 25.1 Å². The zero-order chi connectivity index (χ0) is 31.9. The van der Waals surface area contributed by atoms with E-state index in [0.29, 0.717) is 61.2 Å². The largest absolute Gasteiger partial charge is 0.497 e. The summed E-state index contributed by atoms with van der Waals surface area (Å²) in [5.41, 5.74) is 2.91. The van der Waals surface area contributed by atoms with E-state index in [-0.39, 0.29) is 42.5 Å². The zero-order valence-corrected chi connectivity index (χ0v) is 29.0. The van der Waals surface area contributed by atoms with E-state index in [0.717, 1.165) is 24.1 Å². The Morgan fingerprint density at radius 3 is 2.48 bits per heavy atom. The van der Waals surface area contributed by atoms with Crippen LogP contribution in [0.4, 0.5) is 11.4 Å². The predicted octanol–water partition coefficient (Wildman–Crippen LogP) is 5.16. The number of fused-ring (bicyclic) bond motifs is 1. The molecule has 3 amide bonds. The molecule has 0 fully saturated rings. The molecule has 1 aliphatic rings. The predicted molar refractivity (Wildman–Crippen MR) is 186 cm³/mol. The van der Waals surface area contributed by atoms with E-state index in [1.54, 1.807) is 61.9 Å². The molecule has 0 saturated heterocycles. The molecule has 0 aliphatic carbocycles. The van der Waals surface area contributed by atoms with Crippen LogP contribution in [0.3, 0.4) is 0 Å². The summed E-state index contributed by atoms with van der Waals surface area (Å²) >= 11 is 0. The minimum atomic E-state index is -1.14. The molecular formula is C34H45Cl2N5O5. The fourth-order valence-corrected chi connectivity index (χ4v) is 5.25. The van der Waals surface area contributed by atoms with E-state index in [4.69, 9.17) is 9.47 Å². The van der Waals surface area contributed by atoms with E-state index in [9.17, 15) is 14.4 Å². The Balaban J connectivity index is 0.00000368. The lowest BCUT2D eigenvalue weighted by atomic mass is 9.90. The maximum absolute atomic E-state index is 13.1. The normalized spacial score (nSPS) is 13.6. The zero-order valence-electron chi connectivity index (χ0n) is 27.4. The summed E-state index contributed by atoms with van der Waals surface area (Å²) in [6.45, 7) is 8.10. The Morgan fingerprint density at radius 1 is 1.00 bits per heavy atom. The van der Waals surface area contributed by atoms with Gasteiger partial charge in [-0.1, -0.05) is 6.07 Å². The second kappa shape index (κ2) is 17.2. The Hall–Kier alpha value is -3.86. The first-order valence-electron chi connectivity index (χ1n) is 15.0. The highest BCUT2D eigenvalue weighted by Gasteiger charge is 2.45. The maximum Gasteiger partial charge on any atom is 0.253 e. The van der Waals surface area contributed by atoms with Crippen LogP contribution in [0.1, 0.15) is 48.8 Å². The summed E-state index contributed by atoms with van der Waals surface area (Å²) in [6, 6.07) is 16.8. The first kappa shape index (κ1) is 38.3. The third-order valence-corrected chi connectivity index (χ3v) is 7.88. The van der Waals surface area contributed by atoms with Crippen molar-refractivity contribution < 1.29 is 23.9 Å². The SMILES string of the molecule is CCN1C(=O)C(C)(C)C(=O)N(C)c2cc(OCCCc3cc(CNCCN(C)C(=O)c4cccc(OC)c4)ccn3)ccc21.Cl.Cl. The van der Waals surface area contributed by atoms with E-state index in [1.807, 2.05) is 49.5 Å². The minimum absolute atomic E-state index is 0. The lowest BCUT2D eigenvalue weighted by Crippen LogP contribution is -2.47. The molecule has 0 unspecified atom stereocenters. The number of ether oxygens (including phenoxy) is 2. The summed E-state index contributed by atoms with van der Waals surface area (Å²) in [5, 5.41) is 3.40. The van der Waals surface area contributed by atoms with Gasteiger partial charge in [-0.15, -0.1) is 24.8 Å². The lowest BCUT2D eigenvalue weighted by molar-refractivity contribution is -0.137. The Morgan fingerprint density at radius 2 is 1.76 bits per heavy atom. The van der Waals surface area contributed by atoms with Crippen LogP contribution in [-0.4, -0.2) is 75.1 Å². The van der Waals surface area contributed by atoms with Crippen molar-refractivity contribution in [3.05, 3.63) is 77.6 Å². The van der Waals surface area contributed by atoms with Crippen molar-refractivity contribution >= 4 is 53.9 Å². The minimum Gasteiger partial charge on any atom is -0.497 e. The van der Waals surface area contributed by atoms with Gasteiger partial charge in [-0.05, 0) is 81.6 Å². The number of likely N-dealkylation sites (N-methyl/N-ethyl adjacent to an activating group) is 1. The number of pyridine rings is 1. The third kappa shape index (κ3) is 8.90. The van der Waals surface area contributed by atoms with Crippen molar-refractivity contribution in [1.82, 2.24) is 15.2 Å². The molecule has 2 aromatic carbocycles. The average molecular weight is 675 g/mol. The number of amides is 3. The van der Waals surface area contributed by atoms with Gasteiger partial charge in [-0.2, -0.15) is 0 Å². The van der Waals surface area contributed by atoms with Crippen LogP contribution in [0.2, 0.25) is 0 Å². The molecule has 12 heteroatoms. The molecule has 1 aliphatic heterocycles. The molecular weight excluding hydrogens is 629 g/mol. The molecule has 2 heterocycles. The highest BCUT2D eigenvalue weighted by Crippen LogP contribution is 2.40. The highest BCUT2D eigenvalue weighted by molar-refractivity contribution is 6.20. The number of rotatable bonds is 13. The van der Waals surface area contributed by atoms with Crippen molar-refractivity contribution in [3.8, 4) is 11.5 Å². The van der Waals surface area contributed by atoms with Crippen molar-refractivity contribution in [2.24, 2.45) is 5.41 Å². The Bertz CT molecular complexity index is 1500. The van der Waals surface area contributed by atoms with E-state index < -0.39 is 5.41 Å². The number of carbonyl (C=O) groups is 3. The van der Waals surface area contributed by atoms with Crippen LogP contribution >= 0.6 is 24.8 Å². The summed E-state index contributed by atoms with van der Waals surface area (Å²) < 4.78 is 11.3. The van der Waals surface area contributed by atoms with Gasteiger partial charge in [0, 0.05) is 63.8 Å². The van der Waals surface area contributed by atoms with Gasteiger partial charge in [0.1, 0.15) is 16.9 Å². The summed E-state index contributed by atoms with van der Waals surface area (Å²) in [7, 11) is 5.08. The van der Waals surface area contributed by atoms with E-state index in [1.165, 1.54) is 0 Å². The van der Waals surface area contributed by atoms with Gasteiger partial charge in [-0.25, -0.2) is 0 Å². The number of methoxy groups -OCH3 is 1. The number of anilines is 2. The smallest absolute Gasteiger partial charge is 0.253 e. The fourth-order valence-electron chi connectivity index (χ4n) is 5.25. The number of nitrogens with one attached hydrogen (secondary N) is 1. The molecule has 3 aromatic rings. The van der Waals surface area contributed by atoms with Crippen molar-refractivity contribution in [1.29, 1.82) is 0 Å². The standard InChI is InChI=1S/C34H43N5O5.2ClH/c1-7-39-29-14-13-28(22-30(29)38(5)32(41)34(2,3)33(39)42)44-19-9-11-26-20-24(15-16-36-26)23-35-17-18-37(4)31(40)25-10-8-12-27(21-25)43-6;;/h8,10,12-16,20-22,35H,7,9,11,17-19,23H2,1-6H3;2*1H. The van der Waals surface area contributed by atoms with Gasteiger partial charge in [0.25, 0.3) is 5.91 Å². The molecule has 10 nitrogen and oxygen atoms in total. The number of carbonyl (C=O) groups excluding carboxylic acids is 3. The molecule has 0 saturated carbocycles. The Kier molecular flexibility index (Phi) is 14.3. The molecule has 0 atom stereocenters. The summed E-state index contributed by atoms with van der Waals surface area (Å²) in [5.74, 6) is 0.806. The quantitative estimate of drug-likeness (QED) is 0.197. The second-order valence-electron chi connectivity index (χ2n) is 11.4. The number of halogens is 2. The second-order valence-corrected chi connectivity index (χ2v) is 11.4. The van der Waals surface area contributed by atoms with Crippen LogP contribution in [0.5, 0.6) is 11.5 Å². The van der Waals surface area contributed by atoms with Crippen molar-refractivity contribution in [3.63, 3.8) is 0 Å². The average Bonchev–Trinajstić information content (AvgIpc) is 3.09. The molecule has 250 valence electrons. The fraction of sp³-hybridized carbons (Fsp3) is 0.412. The van der Waals surface area contributed by atoms with Crippen LogP contribution < -0.4 is 24.6 Å². The molecule has 4 rings (SSSR count). The van der Waals surface area contributed by atoms with E-state index >= 15 is 0 Å². The lowest BCUT2D eigenvalue weighted by Gasteiger charge is -2.27. The number of benzene rings is 2. The number of aromatic nitrogens is 1. The van der Waals surface area contributed by atoms with Gasteiger partial charge in [-0.3, -0.25) is 19.4 Å². The van der Waals surface area contributed by atoms with Crippen LogP contribution in [0, 0.1) is 5.41 Å². The summed E-state index contributed by atoms with van der Waals surface area (Å²) in [6.07, 6.45) is 3.33. The molecule has 0 radical (unpaired) electrons. The van der Waals surface area contributed by atoms with Crippen LogP contribution in [0.25, 0.3) is 0 Å². The highest BCUT2D eigenvalue weighted by atomic mass is 35.5. The number of nitrogens with zero attached hydrogens (tertiary/aromatic N) is 4. The van der Waals surface area contributed by atoms with Gasteiger partial charge >= 0.3 is 0 Å². The first-order valence-corrected chi connectivity index (χ1v) is 15.0. The molecule has 46 heavy (non-hydrogen) atoms. The van der Waals surface area contributed by atoms with Crippen LogP contribution in [0.15, 0.2) is 60.8 Å². The van der Waals surface area contributed by atoms with Gasteiger partial charge < -0.3 is 29.5 Å². The van der Waals surface area contributed by atoms with Gasteiger partial charge in [0.15, 0.2) is 0 Å². The molecule has 1 N–H and O–H groups in total. The molecule has 0 spiro atoms. The van der Waals surface area contributed by atoms with Gasteiger partial charge in [0.2, 0.25) is 11.8 Å². The van der Waals surface area contributed by atoms with Crippen molar-refractivity contribution in [2.45, 2.75) is 40.2 Å². The first-order chi connectivity index (χ1) is 21.1. The van der Waals surface area contributed by atoms with Crippen molar-refractivity contribution in [2.75, 3.05) is 57.2 Å². The number of hydrogen-bond donors (Lipinski definition) is 1. The number of aryl methyl sites for hydroxylation is 1. The molecule has 1 aromatic heterocycles.